The summed E-state index contributed by atoms with van der Waals surface area (Å²) in [5.74, 6) is -0.389. The zero-order valence-corrected chi connectivity index (χ0v) is 12.1. The number of anilines is 1. The van der Waals surface area contributed by atoms with Crippen molar-refractivity contribution < 1.29 is 4.79 Å². The number of nitrogens with one attached hydrogen (secondary N) is 1. The SMILES string of the molecule is CCc1ccccc1NC(=O)/C(C#N)=C\c1cccn1C. The van der Waals surface area contributed by atoms with Gasteiger partial charge in [-0.1, -0.05) is 25.1 Å². The van der Waals surface area contributed by atoms with E-state index in [-0.39, 0.29) is 11.5 Å². The minimum atomic E-state index is -0.389. The Labute approximate surface area is 124 Å². The molecule has 0 aliphatic heterocycles. The molecule has 4 nitrogen and oxygen atoms in total. The van der Waals surface area contributed by atoms with E-state index in [1.807, 2.05) is 67.2 Å². The monoisotopic (exact) mass is 279 g/mol. The Bertz CT molecular complexity index is 720. The lowest BCUT2D eigenvalue weighted by Crippen LogP contribution is -2.14. The zero-order valence-electron chi connectivity index (χ0n) is 12.1. The summed E-state index contributed by atoms with van der Waals surface area (Å²) in [7, 11) is 1.87. The van der Waals surface area contributed by atoms with E-state index >= 15 is 0 Å². The van der Waals surface area contributed by atoms with E-state index in [1.165, 1.54) is 0 Å². The van der Waals surface area contributed by atoms with Crippen LogP contribution in [0.15, 0.2) is 48.2 Å². The number of nitrogens with zero attached hydrogens (tertiary/aromatic N) is 2. The van der Waals surface area contributed by atoms with Crippen LogP contribution in [0, 0.1) is 11.3 Å². The number of hydrogen-bond donors (Lipinski definition) is 1. The lowest BCUT2D eigenvalue weighted by atomic mass is 10.1. The number of nitriles is 1. The molecular formula is C17H17N3O. The molecule has 0 aliphatic carbocycles. The highest BCUT2D eigenvalue weighted by Crippen LogP contribution is 2.17. The first-order valence-electron chi connectivity index (χ1n) is 6.78. The van der Waals surface area contributed by atoms with Gasteiger partial charge in [-0.3, -0.25) is 4.79 Å². The standard InChI is InChI=1S/C17H17N3O/c1-3-13-7-4-5-9-16(13)19-17(21)14(12-18)11-15-8-6-10-20(15)2/h4-11H,3H2,1-2H3,(H,19,21)/b14-11-. The van der Waals surface area contributed by atoms with Gasteiger partial charge >= 0.3 is 0 Å². The van der Waals surface area contributed by atoms with Crippen LogP contribution in [-0.4, -0.2) is 10.5 Å². The van der Waals surface area contributed by atoms with E-state index in [2.05, 4.69) is 5.32 Å². The molecule has 0 aliphatic rings. The summed E-state index contributed by atoms with van der Waals surface area (Å²) in [6.07, 6.45) is 4.27. The van der Waals surface area contributed by atoms with E-state index in [0.29, 0.717) is 0 Å². The smallest absolute Gasteiger partial charge is 0.266 e. The van der Waals surface area contributed by atoms with Crippen molar-refractivity contribution >= 4 is 17.7 Å². The highest BCUT2D eigenvalue weighted by Gasteiger charge is 2.11. The Hall–Kier alpha value is -2.80. The van der Waals surface area contributed by atoms with Gasteiger partial charge in [0.05, 0.1) is 0 Å². The number of benzene rings is 1. The Morgan fingerprint density at radius 3 is 2.71 bits per heavy atom. The topological polar surface area (TPSA) is 57.8 Å². The van der Waals surface area contributed by atoms with Crippen LogP contribution in [0.1, 0.15) is 18.2 Å². The van der Waals surface area contributed by atoms with Gasteiger partial charge in [0.15, 0.2) is 0 Å². The maximum atomic E-state index is 12.2. The van der Waals surface area contributed by atoms with E-state index in [4.69, 9.17) is 0 Å². The highest BCUT2D eigenvalue weighted by molar-refractivity contribution is 6.09. The Morgan fingerprint density at radius 1 is 1.33 bits per heavy atom. The predicted molar refractivity (Wildman–Crippen MR) is 83.5 cm³/mol. The molecule has 1 N–H and O–H groups in total. The molecule has 1 aromatic heterocycles. The van der Waals surface area contributed by atoms with Gasteiger partial charge in [-0.2, -0.15) is 5.26 Å². The number of aryl methyl sites for hydroxylation is 2. The molecule has 0 saturated heterocycles. The predicted octanol–water partition coefficient (Wildman–Crippen LogP) is 3.13. The number of carbonyl (C=O) groups excluding carboxylic acids is 1. The molecule has 0 fully saturated rings. The summed E-state index contributed by atoms with van der Waals surface area (Å²) in [6.45, 7) is 2.02. The van der Waals surface area contributed by atoms with E-state index in [1.54, 1.807) is 6.08 Å². The fourth-order valence-electron chi connectivity index (χ4n) is 2.06. The summed E-state index contributed by atoms with van der Waals surface area (Å²) < 4.78 is 1.85. The molecule has 2 aromatic rings. The lowest BCUT2D eigenvalue weighted by Gasteiger charge is -2.09. The summed E-state index contributed by atoms with van der Waals surface area (Å²) in [5, 5.41) is 12.0. The van der Waals surface area contributed by atoms with Crippen LogP contribution in [0.2, 0.25) is 0 Å². The molecule has 1 heterocycles. The number of amides is 1. The quantitative estimate of drug-likeness (QED) is 0.690. The third-order valence-electron chi connectivity index (χ3n) is 3.29. The molecular weight excluding hydrogens is 262 g/mol. The fourth-order valence-corrected chi connectivity index (χ4v) is 2.06. The zero-order chi connectivity index (χ0) is 15.2. The Morgan fingerprint density at radius 2 is 2.10 bits per heavy atom. The van der Waals surface area contributed by atoms with Gasteiger partial charge in [-0.25, -0.2) is 0 Å². The van der Waals surface area contributed by atoms with Crippen molar-refractivity contribution in [3.63, 3.8) is 0 Å². The fraction of sp³-hybridized carbons (Fsp3) is 0.176. The number of carbonyl (C=O) groups is 1. The molecule has 2 rings (SSSR count). The third-order valence-corrected chi connectivity index (χ3v) is 3.29. The lowest BCUT2D eigenvalue weighted by molar-refractivity contribution is -0.112. The summed E-state index contributed by atoms with van der Waals surface area (Å²) >= 11 is 0. The molecule has 106 valence electrons. The second kappa shape index (κ2) is 6.58. The molecule has 1 amide bonds. The van der Waals surface area contributed by atoms with Crippen LogP contribution < -0.4 is 5.32 Å². The number of rotatable bonds is 4. The van der Waals surface area contributed by atoms with Crippen LogP contribution in [0.3, 0.4) is 0 Å². The van der Waals surface area contributed by atoms with Gasteiger partial charge in [-0.05, 0) is 36.3 Å². The van der Waals surface area contributed by atoms with Crippen molar-refractivity contribution in [3.8, 4) is 6.07 Å². The van der Waals surface area contributed by atoms with E-state index in [9.17, 15) is 10.1 Å². The molecule has 0 radical (unpaired) electrons. The third kappa shape index (κ3) is 3.40. The second-order valence-electron chi connectivity index (χ2n) is 4.68. The summed E-state index contributed by atoms with van der Waals surface area (Å²) in [4.78, 5) is 12.2. The number of aromatic nitrogens is 1. The van der Waals surface area contributed by atoms with Crippen molar-refractivity contribution in [2.24, 2.45) is 7.05 Å². The Kier molecular flexibility index (Phi) is 4.57. The molecule has 21 heavy (non-hydrogen) atoms. The van der Waals surface area contributed by atoms with Gasteiger partial charge in [-0.15, -0.1) is 0 Å². The normalized spacial score (nSPS) is 11.0. The Balaban J connectivity index is 2.24. The maximum Gasteiger partial charge on any atom is 0.266 e. The molecule has 0 unspecified atom stereocenters. The molecule has 1 aromatic carbocycles. The van der Waals surface area contributed by atoms with Crippen molar-refractivity contribution in [2.75, 3.05) is 5.32 Å². The van der Waals surface area contributed by atoms with Gasteiger partial charge in [0.2, 0.25) is 0 Å². The first kappa shape index (κ1) is 14.6. The van der Waals surface area contributed by atoms with Crippen LogP contribution in [0.25, 0.3) is 6.08 Å². The number of hydrogen-bond acceptors (Lipinski definition) is 2. The van der Waals surface area contributed by atoms with Crippen molar-refractivity contribution in [1.82, 2.24) is 4.57 Å². The van der Waals surface area contributed by atoms with Gasteiger partial charge in [0.1, 0.15) is 11.6 Å². The average Bonchev–Trinajstić information content (AvgIpc) is 2.90. The molecule has 0 bridgehead atoms. The molecule has 0 atom stereocenters. The van der Waals surface area contributed by atoms with Crippen molar-refractivity contribution in [2.45, 2.75) is 13.3 Å². The van der Waals surface area contributed by atoms with Gasteiger partial charge in [0.25, 0.3) is 5.91 Å². The van der Waals surface area contributed by atoms with E-state index < -0.39 is 0 Å². The number of para-hydroxylation sites is 1. The van der Waals surface area contributed by atoms with E-state index in [0.717, 1.165) is 23.4 Å². The van der Waals surface area contributed by atoms with Gasteiger partial charge < -0.3 is 9.88 Å². The van der Waals surface area contributed by atoms with Gasteiger partial charge in [0, 0.05) is 24.6 Å². The average molecular weight is 279 g/mol. The minimum Gasteiger partial charge on any atom is -0.351 e. The van der Waals surface area contributed by atoms with Crippen LogP contribution in [0.5, 0.6) is 0 Å². The highest BCUT2D eigenvalue weighted by atomic mass is 16.1. The van der Waals surface area contributed by atoms with Crippen LogP contribution in [-0.2, 0) is 18.3 Å². The first-order valence-corrected chi connectivity index (χ1v) is 6.78. The molecule has 0 saturated carbocycles. The summed E-state index contributed by atoms with van der Waals surface area (Å²) in [6, 6.07) is 13.3. The van der Waals surface area contributed by atoms with Crippen molar-refractivity contribution in [3.05, 3.63) is 59.4 Å². The molecule has 4 heteroatoms. The molecule has 0 spiro atoms. The maximum absolute atomic E-state index is 12.2. The first-order chi connectivity index (χ1) is 10.2. The second-order valence-corrected chi connectivity index (χ2v) is 4.68. The van der Waals surface area contributed by atoms with Crippen LogP contribution in [0.4, 0.5) is 5.69 Å². The van der Waals surface area contributed by atoms with Crippen LogP contribution >= 0.6 is 0 Å². The minimum absolute atomic E-state index is 0.0858. The van der Waals surface area contributed by atoms with Crippen molar-refractivity contribution in [1.29, 1.82) is 5.26 Å². The largest absolute Gasteiger partial charge is 0.351 e. The summed E-state index contributed by atoms with van der Waals surface area (Å²) in [5.41, 5.74) is 2.69.